The van der Waals surface area contributed by atoms with Gasteiger partial charge in [-0.25, -0.2) is 4.57 Å². The highest BCUT2D eigenvalue weighted by Gasteiger charge is 2.26. The summed E-state index contributed by atoms with van der Waals surface area (Å²) in [5.74, 6) is -0.320. The molecular formula is C56H105NO7P+. The summed E-state index contributed by atoms with van der Waals surface area (Å²) in [6, 6.07) is 0. The van der Waals surface area contributed by atoms with Crippen molar-refractivity contribution in [3.63, 3.8) is 0 Å². The highest BCUT2D eigenvalue weighted by Crippen LogP contribution is 2.43. The van der Waals surface area contributed by atoms with E-state index in [-0.39, 0.29) is 25.8 Å². The third-order valence-electron chi connectivity index (χ3n) is 11.6. The van der Waals surface area contributed by atoms with E-state index in [1.54, 1.807) is 0 Å². The molecule has 380 valence electrons. The fourth-order valence-electron chi connectivity index (χ4n) is 7.36. The molecule has 0 fully saturated rings. The average Bonchev–Trinajstić information content (AvgIpc) is 3.27. The standard InChI is InChI=1S/C56H104NO7P/c1-6-8-10-12-14-16-18-20-22-24-26-27-28-29-30-32-34-36-38-40-42-44-46-48-51-61-53-55(54-63-65(59,60)62-52-50-57(3,4)5)64-56(58)49-47-45-43-41-39-37-35-33-31-25-23-21-19-17-15-13-11-9-7-2/h15,17-18,20-21,23-24,26,28-29,55H,6-14,16,19,22,25,27,30-54H2,1-5H3/p+1/b17-15-,20-18-,23-21-,26-24-,29-28-. The van der Waals surface area contributed by atoms with Crippen molar-refractivity contribution >= 4 is 13.8 Å². The Labute approximate surface area is 402 Å². The highest BCUT2D eigenvalue weighted by molar-refractivity contribution is 7.47. The third-order valence-corrected chi connectivity index (χ3v) is 12.5. The molecule has 0 radical (unpaired) electrons. The fourth-order valence-corrected chi connectivity index (χ4v) is 8.10. The molecule has 0 amide bonds. The first-order chi connectivity index (χ1) is 31.6. The maximum atomic E-state index is 12.8. The van der Waals surface area contributed by atoms with E-state index >= 15 is 0 Å². The number of carbonyl (C=O) groups excluding carboxylic acids is 1. The lowest BCUT2D eigenvalue weighted by molar-refractivity contribution is -0.870. The van der Waals surface area contributed by atoms with Crippen molar-refractivity contribution in [2.45, 2.75) is 238 Å². The molecule has 0 aliphatic rings. The largest absolute Gasteiger partial charge is 0.472 e. The van der Waals surface area contributed by atoms with Crippen molar-refractivity contribution in [3.05, 3.63) is 60.8 Å². The van der Waals surface area contributed by atoms with Gasteiger partial charge in [-0.05, 0) is 83.5 Å². The first-order valence-corrected chi connectivity index (χ1v) is 28.5. The number of rotatable bonds is 50. The number of carbonyl (C=O) groups is 1. The molecule has 0 aliphatic heterocycles. The number of nitrogens with zero attached hydrogens (tertiary/aromatic N) is 1. The van der Waals surface area contributed by atoms with Crippen LogP contribution in [0.1, 0.15) is 232 Å². The number of hydrogen-bond acceptors (Lipinski definition) is 6. The Kier molecular flexibility index (Phi) is 47.3. The normalized spacial score (nSPS) is 14.0. The van der Waals surface area contributed by atoms with Crippen LogP contribution in [0.2, 0.25) is 0 Å². The van der Waals surface area contributed by atoms with Crippen LogP contribution in [-0.2, 0) is 27.9 Å². The molecule has 0 rings (SSSR count). The van der Waals surface area contributed by atoms with E-state index in [2.05, 4.69) is 74.6 Å². The van der Waals surface area contributed by atoms with Crippen molar-refractivity contribution < 1.29 is 37.3 Å². The average molecular weight is 935 g/mol. The number of allylic oxidation sites excluding steroid dienone is 10. The zero-order valence-corrected chi connectivity index (χ0v) is 44.1. The van der Waals surface area contributed by atoms with Gasteiger partial charge in [0.1, 0.15) is 19.3 Å². The zero-order valence-electron chi connectivity index (χ0n) is 43.2. The monoisotopic (exact) mass is 935 g/mol. The lowest BCUT2D eigenvalue weighted by atomic mass is 10.1. The minimum atomic E-state index is -4.29. The van der Waals surface area contributed by atoms with Crippen molar-refractivity contribution in [1.29, 1.82) is 0 Å². The first kappa shape index (κ1) is 63.2. The fraction of sp³-hybridized carbons (Fsp3) is 0.804. The van der Waals surface area contributed by atoms with Crippen LogP contribution >= 0.6 is 7.82 Å². The summed E-state index contributed by atoms with van der Waals surface area (Å²) in [4.78, 5) is 23.0. The molecule has 0 aromatic carbocycles. The van der Waals surface area contributed by atoms with Gasteiger partial charge in [-0.1, -0.05) is 203 Å². The van der Waals surface area contributed by atoms with E-state index in [0.717, 1.165) is 51.4 Å². The number of phosphoric acid groups is 1. The van der Waals surface area contributed by atoms with Gasteiger partial charge in [0.05, 0.1) is 34.4 Å². The summed E-state index contributed by atoms with van der Waals surface area (Å²) in [6.45, 7) is 5.59. The molecular weight excluding hydrogens is 830 g/mol. The summed E-state index contributed by atoms with van der Waals surface area (Å²) in [5.41, 5.74) is 0. The lowest BCUT2D eigenvalue weighted by Gasteiger charge is -2.24. The van der Waals surface area contributed by atoms with Crippen molar-refractivity contribution in [2.75, 3.05) is 54.1 Å². The Morgan fingerprint density at radius 3 is 1.29 bits per heavy atom. The van der Waals surface area contributed by atoms with Gasteiger partial charge in [-0.2, -0.15) is 0 Å². The van der Waals surface area contributed by atoms with Gasteiger partial charge >= 0.3 is 13.8 Å². The predicted molar refractivity (Wildman–Crippen MR) is 279 cm³/mol. The van der Waals surface area contributed by atoms with E-state index in [1.807, 2.05) is 21.1 Å². The van der Waals surface area contributed by atoms with Crippen LogP contribution in [-0.4, -0.2) is 75.6 Å². The molecule has 2 unspecified atom stereocenters. The molecule has 0 aromatic rings. The first-order valence-electron chi connectivity index (χ1n) is 27.0. The van der Waals surface area contributed by atoms with Gasteiger partial charge in [0, 0.05) is 13.0 Å². The molecule has 0 aliphatic carbocycles. The Morgan fingerprint density at radius 1 is 0.477 bits per heavy atom. The predicted octanol–water partition coefficient (Wildman–Crippen LogP) is 16.8. The third kappa shape index (κ3) is 53.0. The quantitative estimate of drug-likeness (QED) is 0.0214. The highest BCUT2D eigenvalue weighted by atomic mass is 31.2. The molecule has 0 bridgehead atoms. The smallest absolute Gasteiger partial charge is 0.457 e. The van der Waals surface area contributed by atoms with Crippen LogP contribution in [0.25, 0.3) is 0 Å². The van der Waals surface area contributed by atoms with Crippen molar-refractivity contribution in [3.8, 4) is 0 Å². The number of phosphoric ester groups is 1. The Bertz CT molecular complexity index is 1220. The number of unbranched alkanes of at least 4 members (excludes halogenated alkanes) is 26. The van der Waals surface area contributed by atoms with E-state index in [9.17, 15) is 14.3 Å². The molecule has 2 atom stereocenters. The maximum absolute atomic E-state index is 12.8. The molecule has 0 aromatic heterocycles. The van der Waals surface area contributed by atoms with E-state index in [4.69, 9.17) is 18.5 Å². The van der Waals surface area contributed by atoms with Crippen LogP contribution in [0.4, 0.5) is 0 Å². The Hall–Kier alpha value is -1.80. The molecule has 0 saturated heterocycles. The van der Waals surface area contributed by atoms with Crippen LogP contribution in [0, 0.1) is 0 Å². The summed E-state index contributed by atoms with van der Waals surface area (Å²) in [5, 5.41) is 0. The minimum Gasteiger partial charge on any atom is -0.457 e. The second kappa shape index (κ2) is 48.6. The lowest BCUT2D eigenvalue weighted by Crippen LogP contribution is -2.37. The molecule has 1 N–H and O–H groups in total. The van der Waals surface area contributed by atoms with Gasteiger partial charge in [0.25, 0.3) is 0 Å². The SMILES string of the molecule is CCCCC/C=C\C/C=C\CCCCCCCCCCCC(=O)OC(COCCCCCCCCCCC/C=C\C/C=C\C/C=C\CCCCCCC)COP(=O)(O)OCC[N+](C)(C)C. The van der Waals surface area contributed by atoms with Gasteiger partial charge in [0.2, 0.25) is 0 Å². The van der Waals surface area contributed by atoms with Gasteiger partial charge in [-0.15, -0.1) is 0 Å². The summed E-state index contributed by atoms with van der Waals surface area (Å²) in [6.07, 6.45) is 62.7. The number of esters is 1. The van der Waals surface area contributed by atoms with Crippen LogP contribution < -0.4 is 0 Å². The van der Waals surface area contributed by atoms with E-state index in [1.165, 1.54) is 161 Å². The molecule has 9 heteroatoms. The number of ether oxygens (including phenoxy) is 2. The molecule has 0 spiro atoms. The minimum absolute atomic E-state index is 0.0846. The topological polar surface area (TPSA) is 91.3 Å². The number of quaternary nitrogens is 1. The van der Waals surface area contributed by atoms with Crippen LogP contribution in [0.15, 0.2) is 60.8 Å². The van der Waals surface area contributed by atoms with E-state index in [0.29, 0.717) is 24.1 Å². The molecule has 65 heavy (non-hydrogen) atoms. The van der Waals surface area contributed by atoms with Crippen LogP contribution in [0.5, 0.6) is 0 Å². The molecule has 0 saturated carbocycles. The second-order valence-corrected chi connectivity index (χ2v) is 20.7. The van der Waals surface area contributed by atoms with Gasteiger partial charge < -0.3 is 18.9 Å². The number of likely N-dealkylation sites (N-methyl/N-ethyl adjacent to an activating group) is 1. The van der Waals surface area contributed by atoms with E-state index < -0.39 is 13.9 Å². The van der Waals surface area contributed by atoms with Crippen molar-refractivity contribution in [2.24, 2.45) is 0 Å². The molecule has 0 heterocycles. The summed E-state index contributed by atoms with van der Waals surface area (Å²) < 4.78 is 35.2. The zero-order chi connectivity index (χ0) is 47.6. The maximum Gasteiger partial charge on any atom is 0.472 e. The Balaban J connectivity index is 4.14. The summed E-state index contributed by atoms with van der Waals surface area (Å²) >= 11 is 0. The number of hydrogen-bond donors (Lipinski definition) is 1. The summed E-state index contributed by atoms with van der Waals surface area (Å²) in [7, 11) is 1.66. The molecule has 8 nitrogen and oxygen atoms in total. The van der Waals surface area contributed by atoms with Crippen LogP contribution in [0.3, 0.4) is 0 Å². The van der Waals surface area contributed by atoms with Crippen molar-refractivity contribution in [1.82, 2.24) is 0 Å². The van der Waals surface area contributed by atoms with Gasteiger partial charge in [0.15, 0.2) is 0 Å². The van der Waals surface area contributed by atoms with Gasteiger partial charge in [-0.3, -0.25) is 13.8 Å². The Morgan fingerprint density at radius 2 is 0.846 bits per heavy atom. The second-order valence-electron chi connectivity index (χ2n) is 19.3.